The second kappa shape index (κ2) is 7.79. The van der Waals surface area contributed by atoms with Gasteiger partial charge < -0.3 is 19.9 Å². The fourth-order valence-electron chi connectivity index (χ4n) is 1.37. The molecule has 0 bridgehead atoms. The maximum Gasteiger partial charge on any atom is 0.142 e. The molecule has 4 heteroatoms. The number of nitrogen functional groups attached to an aromatic ring is 1. The van der Waals surface area contributed by atoms with Crippen molar-refractivity contribution in [2.75, 3.05) is 32.7 Å². The quantitative estimate of drug-likeness (QED) is 0.559. The Morgan fingerprint density at radius 3 is 2.65 bits per heavy atom. The zero-order valence-electron chi connectivity index (χ0n) is 10.6. The van der Waals surface area contributed by atoms with Gasteiger partial charge in [0.1, 0.15) is 18.1 Å². The highest BCUT2D eigenvalue weighted by Gasteiger charge is 2.01. The van der Waals surface area contributed by atoms with E-state index in [1.807, 2.05) is 6.07 Å². The van der Waals surface area contributed by atoms with Crippen molar-refractivity contribution in [3.05, 3.63) is 18.2 Å². The minimum absolute atomic E-state index is 0.537. The Balaban J connectivity index is 2.25. The van der Waals surface area contributed by atoms with Gasteiger partial charge in [-0.3, -0.25) is 0 Å². The zero-order valence-corrected chi connectivity index (χ0v) is 10.6. The van der Waals surface area contributed by atoms with E-state index in [0.717, 1.165) is 25.2 Å². The third kappa shape index (κ3) is 4.95. The molecule has 0 fully saturated rings. The van der Waals surface area contributed by atoms with Crippen molar-refractivity contribution in [2.45, 2.75) is 19.8 Å². The molecule has 0 saturated heterocycles. The van der Waals surface area contributed by atoms with Crippen LogP contribution in [0.3, 0.4) is 0 Å². The van der Waals surface area contributed by atoms with Gasteiger partial charge in [-0.2, -0.15) is 0 Å². The van der Waals surface area contributed by atoms with E-state index in [0.29, 0.717) is 24.7 Å². The highest BCUT2D eigenvalue weighted by atomic mass is 16.5. The Bertz CT molecular complexity index is 328. The summed E-state index contributed by atoms with van der Waals surface area (Å²) in [6.45, 7) is 4.08. The summed E-state index contributed by atoms with van der Waals surface area (Å²) in [5.74, 6) is 1.40. The number of nitrogens with two attached hydrogens (primary N) is 1. The summed E-state index contributed by atoms with van der Waals surface area (Å²) in [6.07, 6.45) is 2.24. The summed E-state index contributed by atoms with van der Waals surface area (Å²) in [4.78, 5) is 0. The number of unbranched alkanes of at least 4 members (excludes halogenated alkanes) is 1. The second-order valence-corrected chi connectivity index (χ2v) is 3.72. The normalized spacial score (nSPS) is 10.2. The first-order chi connectivity index (χ1) is 8.27. The summed E-state index contributed by atoms with van der Waals surface area (Å²) >= 11 is 0. The van der Waals surface area contributed by atoms with Gasteiger partial charge in [0.15, 0.2) is 0 Å². The van der Waals surface area contributed by atoms with E-state index < -0.39 is 0 Å². The molecule has 1 rings (SSSR count). The van der Waals surface area contributed by atoms with Crippen LogP contribution in [0.1, 0.15) is 19.8 Å². The summed E-state index contributed by atoms with van der Waals surface area (Å²) in [5.41, 5.74) is 6.35. The van der Waals surface area contributed by atoms with Crippen LogP contribution in [0.4, 0.5) is 5.69 Å². The Morgan fingerprint density at radius 1 is 1.18 bits per heavy atom. The average molecular weight is 239 g/mol. The van der Waals surface area contributed by atoms with Gasteiger partial charge in [-0.1, -0.05) is 13.3 Å². The molecule has 1 aromatic carbocycles. The van der Waals surface area contributed by atoms with E-state index in [1.165, 1.54) is 0 Å². The van der Waals surface area contributed by atoms with Crippen molar-refractivity contribution in [1.82, 2.24) is 0 Å². The van der Waals surface area contributed by atoms with Crippen LogP contribution >= 0.6 is 0 Å². The first-order valence-corrected chi connectivity index (χ1v) is 5.92. The predicted molar refractivity (Wildman–Crippen MR) is 68.6 cm³/mol. The highest BCUT2D eigenvalue weighted by Crippen LogP contribution is 2.25. The van der Waals surface area contributed by atoms with Crippen molar-refractivity contribution in [1.29, 1.82) is 0 Å². The molecule has 17 heavy (non-hydrogen) atoms. The lowest BCUT2D eigenvalue weighted by molar-refractivity contribution is 0.0980. The summed E-state index contributed by atoms with van der Waals surface area (Å²) in [7, 11) is 1.59. The van der Waals surface area contributed by atoms with Crippen LogP contribution < -0.4 is 15.2 Å². The topological polar surface area (TPSA) is 53.7 Å². The Labute approximate surface area is 103 Å². The van der Waals surface area contributed by atoms with Crippen molar-refractivity contribution < 1.29 is 14.2 Å². The first-order valence-electron chi connectivity index (χ1n) is 5.92. The molecule has 2 N–H and O–H groups in total. The number of methoxy groups -OCH3 is 1. The van der Waals surface area contributed by atoms with E-state index in [2.05, 4.69) is 6.92 Å². The number of anilines is 1. The van der Waals surface area contributed by atoms with Crippen molar-refractivity contribution in [2.24, 2.45) is 0 Å². The van der Waals surface area contributed by atoms with Crippen LogP contribution in [0.25, 0.3) is 0 Å². The lowest BCUT2D eigenvalue weighted by Crippen LogP contribution is -2.07. The maximum atomic E-state index is 5.77. The summed E-state index contributed by atoms with van der Waals surface area (Å²) in [5, 5.41) is 0. The predicted octanol–water partition coefficient (Wildman–Crippen LogP) is 2.47. The van der Waals surface area contributed by atoms with Crippen molar-refractivity contribution in [3.8, 4) is 11.5 Å². The van der Waals surface area contributed by atoms with Gasteiger partial charge in [-0.25, -0.2) is 0 Å². The molecule has 1 aromatic rings. The molecule has 0 radical (unpaired) electrons. The molecule has 96 valence electrons. The maximum absolute atomic E-state index is 5.77. The molecule has 0 unspecified atom stereocenters. The lowest BCUT2D eigenvalue weighted by Gasteiger charge is -2.09. The van der Waals surface area contributed by atoms with Crippen LogP contribution in [-0.4, -0.2) is 26.9 Å². The van der Waals surface area contributed by atoms with Crippen LogP contribution in [0.5, 0.6) is 11.5 Å². The monoisotopic (exact) mass is 239 g/mol. The third-order valence-electron chi connectivity index (χ3n) is 2.34. The molecule has 0 saturated carbocycles. The van der Waals surface area contributed by atoms with E-state index in [1.54, 1.807) is 19.2 Å². The average Bonchev–Trinajstić information content (AvgIpc) is 2.34. The zero-order chi connectivity index (χ0) is 12.5. The van der Waals surface area contributed by atoms with Gasteiger partial charge in [-0.15, -0.1) is 0 Å². The largest absolute Gasteiger partial charge is 0.495 e. The minimum Gasteiger partial charge on any atom is -0.495 e. The fraction of sp³-hybridized carbons (Fsp3) is 0.538. The van der Waals surface area contributed by atoms with Gasteiger partial charge in [0, 0.05) is 12.7 Å². The Kier molecular flexibility index (Phi) is 6.25. The molecular weight excluding hydrogens is 218 g/mol. The molecule has 0 aliphatic carbocycles. The van der Waals surface area contributed by atoms with Crippen LogP contribution in [-0.2, 0) is 4.74 Å². The Morgan fingerprint density at radius 2 is 2.00 bits per heavy atom. The molecular formula is C13H21NO3. The van der Waals surface area contributed by atoms with Crippen LogP contribution in [0, 0.1) is 0 Å². The van der Waals surface area contributed by atoms with Crippen LogP contribution in [0.15, 0.2) is 18.2 Å². The van der Waals surface area contributed by atoms with E-state index in [4.69, 9.17) is 19.9 Å². The number of ether oxygens (including phenoxy) is 3. The molecule has 0 amide bonds. The van der Waals surface area contributed by atoms with Gasteiger partial charge in [0.05, 0.1) is 19.4 Å². The standard InChI is InChI=1S/C13H21NO3/c1-3-4-7-16-8-9-17-11-5-6-13(15-2)12(14)10-11/h5-6,10H,3-4,7-9,14H2,1-2H3. The molecule has 4 nitrogen and oxygen atoms in total. The number of hydrogen-bond acceptors (Lipinski definition) is 4. The molecule has 0 aliphatic heterocycles. The molecule has 0 atom stereocenters. The summed E-state index contributed by atoms with van der Waals surface area (Å²) < 4.78 is 16.0. The fourth-order valence-corrected chi connectivity index (χ4v) is 1.37. The van der Waals surface area contributed by atoms with Gasteiger partial charge >= 0.3 is 0 Å². The lowest BCUT2D eigenvalue weighted by atomic mass is 10.3. The number of benzene rings is 1. The highest BCUT2D eigenvalue weighted by molar-refractivity contribution is 5.56. The summed E-state index contributed by atoms with van der Waals surface area (Å²) in [6, 6.07) is 5.38. The van der Waals surface area contributed by atoms with E-state index in [9.17, 15) is 0 Å². The van der Waals surface area contributed by atoms with Crippen LogP contribution in [0.2, 0.25) is 0 Å². The second-order valence-electron chi connectivity index (χ2n) is 3.72. The SMILES string of the molecule is CCCCOCCOc1ccc(OC)c(N)c1. The van der Waals surface area contributed by atoms with Crippen molar-refractivity contribution in [3.63, 3.8) is 0 Å². The first kappa shape index (κ1) is 13.6. The molecule has 0 aromatic heterocycles. The van der Waals surface area contributed by atoms with Crippen molar-refractivity contribution >= 4 is 5.69 Å². The van der Waals surface area contributed by atoms with E-state index >= 15 is 0 Å². The van der Waals surface area contributed by atoms with E-state index in [-0.39, 0.29) is 0 Å². The number of rotatable bonds is 8. The molecule has 0 aliphatic rings. The smallest absolute Gasteiger partial charge is 0.142 e. The minimum atomic E-state index is 0.537. The molecule has 0 heterocycles. The van der Waals surface area contributed by atoms with Gasteiger partial charge in [0.2, 0.25) is 0 Å². The Hall–Kier alpha value is -1.42. The third-order valence-corrected chi connectivity index (χ3v) is 2.34. The number of hydrogen-bond donors (Lipinski definition) is 1. The van der Waals surface area contributed by atoms with Gasteiger partial charge in [0.25, 0.3) is 0 Å². The molecule has 0 spiro atoms. The van der Waals surface area contributed by atoms with Gasteiger partial charge in [-0.05, 0) is 18.6 Å².